The summed E-state index contributed by atoms with van der Waals surface area (Å²) in [6, 6.07) is 8.89. The number of ether oxygens (including phenoxy) is 1. The van der Waals surface area contributed by atoms with E-state index in [1.54, 1.807) is 12.1 Å². The van der Waals surface area contributed by atoms with E-state index in [2.05, 4.69) is 5.32 Å². The predicted octanol–water partition coefficient (Wildman–Crippen LogP) is 7.47. The Hall–Kier alpha value is -3.05. The Morgan fingerprint density at radius 3 is 1.71 bits per heavy atom. The van der Waals surface area contributed by atoms with Crippen molar-refractivity contribution in [1.82, 2.24) is 0 Å². The highest BCUT2D eigenvalue weighted by Crippen LogP contribution is 2.54. The number of alkyl halides is 7. The molecule has 0 aliphatic heterocycles. The first-order valence-corrected chi connectivity index (χ1v) is 10.1. The summed E-state index contributed by atoms with van der Waals surface area (Å²) in [6.45, 7) is 0. The minimum atomic E-state index is -6.37. The number of rotatable bonds is 4. The van der Waals surface area contributed by atoms with E-state index < -0.39 is 51.2 Å². The number of methoxy groups -OCH3 is 1. The van der Waals surface area contributed by atoms with Crippen LogP contribution in [-0.2, 0) is 10.4 Å². The number of nitrogens with one attached hydrogen (secondary N) is 1. The van der Waals surface area contributed by atoms with E-state index in [4.69, 9.17) is 27.9 Å². The van der Waals surface area contributed by atoms with Crippen LogP contribution in [0.5, 0.6) is 0 Å². The molecule has 0 spiro atoms. The molecule has 186 valence electrons. The first kappa shape index (κ1) is 26.6. The summed E-state index contributed by atoms with van der Waals surface area (Å²) < 4.78 is 97.4. The third-order valence-corrected chi connectivity index (χ3v) is 5.63. The fraction of sp³-hybridized carbons (Fsp3) is 0.182. The Morgan fingerprint density at radius 1 is 0.800 bits per heavy atom. The third kappa shape index (κ3) is 4.62. The fourth-order valence-electron chi connectivity index (χ4n) is 3.35. The molecule has 3 aromatic rings. The maximum Gasteiger partial charge on any atom is 0.435 e. The molecule has 0 aliphatic rings. The summed E-state index contributed by atoms with van der Waals surface area (Å²) in [6.07, 6.45) is -12.7. The van der Waals surface area contributed by atoms with Crippen LogP contribution < -0.4 is 5.32 Å². The van der Waals surface area contributed by atoms with Crippen molar-refractivity contribution < 1.29 is 45.1 Å². The van der Waals surface area contributed by atoms with Crippen molar-refractivity contribution in [2.24, 2.45) is 0 Å². The Labute approximate surface area is 202 Å². The second-order valence-corrected chi connectivity index (χ2v) is 7.94. The summed E-state index contributed by atoms with van der Waals surface area (Å²) in [4.78, 5) is 24.9. The molecule has 0 radical (unpaired) electrons. The minimum Gasteiger partial charge on any atom is -0.465 e. The number of esters is 1. The van der Waals surface area contributed by atoms with Crippen LogP contribution in [-0.4, -0.2) is 31.3 Å². The lowest BCUT2D eigenvalue weighted by Crippen LogP contribution is -2.50. The van der Waals surface area contributed by atoms with E-state index in [1.807, 2.05) is 0 Å². The number of hydrogen-bond donors (Lipinski definition) is 1. The molecule has 1 N–H and O–H groups in total. The highest BCUT2D eigenvalue weighted by Gasteiger charge is 2.73. The van der Waals surface area contributed by atoms with Crippen LogP contribution in [0.4, 0.5) is 36.4 Å². The van der Waals surface area contributed by atoms with Crippen LogP contribution in [0.1, 0.15) is 26.3 Å². The van der Waals surface area contributed by atoms with Gasteiger partial charge in [0.1, 0.15) is 0 Å². The molecular weight excluding hydrogens is 530 g/mol. The van der Waals surface area contributed by atoms with Crippen LogP contribution in [0.25, 0.3) is 10.8 Å². The zero-order valence-corrected chi connectivity index (χ0v) is 18.8. The zero-order chi connectivity index (χ0) is 26.3. The standard InChI is InChI=1S/C22H12Cl2F7NO3/c1-35-19(34)14-7-6-13(11-4-2-3-5-12(11)14)18(33)32-17-15(23)8-10(9-16(17)24)20(25,21(26,27)28)22(29,30)31/h2-9H,1H3,(H,32,33). The SMILES string of the molecule is COC(=O)c1ccc(C(=O)Nc2c(Cl)cc(C(F)(C(F)(F)F)C(F)(F)F)cc2Cl)c2ccccc12. The topological polar surface area (TPSA) is 55.4 Å². The molecular formula is C22H12Cl2F7NO3. The lowest BCUT2D eigenvalue weighted by molar-refractivity contribution is -0.348. The number of fused-ring (bicyclic) bond motifs is 1. The van der Waals surface area contributed by atoms with Gasteiger partial charge in [-0.3, -0.25) is 4.79 Å². The number of amides is 1. The van der Waals surface area contributed by atoms with Gasteiger partial charge in [0, 0.05) is 11.1 Å². The van der Waals surface area contributed by atoms with E-state index in [0.29, 0.717) is 5.39 Å². The number of carbonyl (C=O) groups is 2. The maximum atomic E-state index is 14.4. The smallest absolute Gasteiger partial charge is 0.435 e. The molecule has 13 heteroatoms. The van der Waals surface area contributed by atoms with Crippen molar-refractivity contribution in [3.63, 3.8) is 0 Å². The molecule has 0 saturated carbocycles. The highest BCUT2D eigenvalue weighted by molar-refractivity contribution is 6.40. The van der Waals surface area contributed by atoms with Crippen LogP contribution in [0.15, 0.2) is 48.5 Å². The monoisotopic (exact) mass is 541 g/mol. The predicted molar refractivity (Wildman–Crippen MR) is 115 cm³/mol. The summed E-state index contributed by atoms with van der Waals surface area (Å²) in [5.74, 6) is -1.59. The lowest BCUT2D eigenvalue weighted by atomic mass is 9.94. The van der Waals surface area contributed by atoms with Crippen molar-refractivity contribution in [3.05, 3.63) is 75.3 Å². The van der Waals surface area contributed by atoms with Gasteiger partial charge in [-0.05, 0) is 35.0 Å². The Morgan fingerprint density at radius 2 is 1.26 bits per heavy atom. The first-order valence-electron chi connectivity index (χ1n) is 9.36. The number of anilines is 1. The third-order valence-electron chi connectivity index (χ3n) is 5.03. The molecule has 0 aromatic heterocycles. The molecule has 4 nitrogen and oxygen atoms in total. The van der Waals surface area contributed by atoms with E-state index >= 15 is 0 Å². The van der Waals surface area contributed by atoms with Crippen molar-refractivity contribution in [2.75, 3.05) is 12.4 Å². The largest absolute Gasteiger partial charge is 0.465 e. The molecule has 1 amide bonds. The first-order chi connectivity index (χ1) is 16.1. The Balaban J connectivity index is 2.06. The van der Waals surface area contributed by atoms with Crippen LogP contribution in [0, 0.1) is 0 Å². The summed E-state index contributed by atoms with van der Waals surface area (Å²) in [7, 11) is 1.16. The average Bonchev–Trinajstić information content (AvgIpc) is 2.77. The molecule has 0 bridgehead atoms. The Kier molecular flexibility index (Phi) is 6.98. The van der Waals surface area contributed by atoms with Gasteiger partial charge >= 0.3 is 24.0 Å². The van der Waals surface area contributed by atoms with Gasteiger partial charge in [-0.2, -0.15) is 26.3 Å². The number of carbonyl (C=O) groups excluding carboxylic acids is 2. The molecule has 0 saturated heterocycles. The summed E-state index contributed by atoms with van der Waals surface area (Å²) in [5, 5.41) is 1.07. The molecule has 0 aliphatic carbocycles. The van der Waals surface area contributed by atoms with Gasteiger partial charge in [0.25, 0.3) is 5.91 Å². The van der Waals surface area contributed by atoms with Gasteiger partial charge in [0.05, 0.1) is 28.4 Å². The number of hydrogen-bond acceptors (Lipinski definition) is 3. The normalized spacial score (nSPS) is 12.5. The van der Waals surface area contributed by atoms with Gasteiger partial charge in [-0.1, -0.05) is 47.5 Å². The van der Waals surface area contributed by atoms with E-state index in [9.17, 15) is 40.3 Å². The van der Waals surface area contributed by atoms with Gasteiger partial charge in [-0.15, -0.1) is 0 Å². The van der Waals surface area contributed by atoms with Crippen LogP contribution in [0.2, 0.25) is 10.0 Å². The summed E-state index contributed by atoms with van der Waals surface area (Å²) in [5.41, 5.74) is -8.10. The van der Waals surface area contributed by atoms with E-state index in [0.717, 1.165) is 7.11 Å². The van der Waals surface area contributed by atoms with E-state index in [-0.39, 0.29) is 28.6 Å². The van der Waals surface area contributed by atoms with Crippen molar-refractivity contribution >= 4 is 51.5 Å². The molecule has 0 fully saturated rings. The lowest BCUT2D eigenvalue weighted by Gasteiger charge is -2.30. The van der Waals surface area contributed by atoms with Crippen molar-refractivity contribution in [2.45, 2.75) is 18.0 Å². The highest BCUT2D eigenvalue weighted by atomic mass is 35.5. The molecule has 3 aromatic carbocycles. The molecule has 0 heterocycles. The van der Waals surface area contributed by atoms with Crippen molar-refractivity contribution in [3.8, 4) is 0 Å². The van der Waals surface area contributed by atoms with Crippen LogP contribution in [0.3, 0.4) is 0 Å². The van der Waals surface area contributed by atoms with Crippen molar-refractivity contribution in [1.29, 1.82) is 0 Å². The van der Waals surface area contributed by atoms with Gasteiger partial charge in [0.15, 0.2) is 0 Å². The fourth-order valence-corrected chi connectivity index (χ4v) is 3.93. The van der Waals surface area contributed by atoms with Crippen LogP contribution >= 0.6 is 23.2 Å². The minimum absolute atomic E-state index is 0.0325. The average molecular weight is 542 g/mol. The molecule has 3 rings (SSSR count). The second-order valence-electron chi connectivity index (χ2n) is 7.12. The summed E-state index contributed by atoms with van der Waals surface area (Å²) >= 11 is 11.6. The zero-order valence-electron chi connectivity index (χ0n) is 17.2. The molecule has 0 atom stereocenters. The quantitative estimate of drug-likeness (QED) is 0.275. The van der Waals surface area contributed by atoms with Gasteiger partial charge in [0.2, 0.25) is 0 Å². The van der Waals surface area contributed by atoms with Gasteiger partial charge < -0.3 is 10.1 Å². The van der Waals surface area contributed by atoms with E-state index in [1.165, 1.54) is 24.3 Å². The maximum absolute atomic E-state index is 14.4. The second kappa shape index (κ2) is 9.19. The number of halogens is 9. The molecule has 0 unspecified atom stereocenters. The number of benzene rings is 3. The Bertz CT molecular complexity index is 1290. The molecule has 35 heavy (non-hydrogen) atoms. The van der Waals surface area contributed by atoms with Gasteiger partial charge in [-0.25, -0.2) is 9.18 Å².